The Kier molecular flexibility index (Phi) is 5.71. The van der Waals surface area contributed by atoms with Gasteiger partial charge in [-0.3, -0.25) is 8.89 Å². The topological polar surface area (TPSA) is 76.0 Å². The van der Waals surface area contributed by atoms with E-state index in [2.05, 4.69) is 15.7 Å². The van der Waals surface area contributed by atoms with Gasteiger partial charge in [-0.2, -0.15) is 5.10 Å². The third-order valence-corrected chi connectivity index (χ3v) is 3.93. The van der Waals surface area contributed by atoms with Crippen LogP contribution in [-0.2, 0) is 17.3 Å². The van der Waals surface area contributed by atoms with E-state index in [1.807, 2.05) is 37.3 Å². The Bertz CT molecular complexity index is 642. The van der Waals surface area contributed by atoms with E-state index in [4.69, 9.17) is 0 Å². The van der Waals surface area contributed by atoms with Crippen molar-refractivity contribution in [1.82, 2.24) is 15.1 Å². The first-order valence-corrected chi connectivity index (χ1v) is 8.76. The molecule has 1 heterocycles. The minimum atomic E-state index is -1.02. The number of aryl methyl sites for hydroxylation is 1. The summed E-state index contributed by atoms with van der Waals surface area (Å²) >= 11 is 0. The molecule has 1 aromatic carbocycles. The lowest BCUT2D eigenvalue weighted by Gasteiger charge is -2.18. The molecular formula is C15H20N4O2S. The molecule has 2 rings (SSSR count). The predicted octanol–water partition coefficient (Wildman–Crippen LogP) is 2.14. The predicted molar refractivity (Wildman–Crippen MR) is 88.2 cm³/mol. The van der Waals surface area contributed by atoms with Gasteiger partial charge in [0.1, 0.15) is 0 Å². The Morgan fingerprint density at radius 3 is 2.68 bits per heavy atom. The Morgan fingerprint density at radius 2 is 2.09 bits per heavy atom. The molecule has 22 heavy (non-hydrogen) atoms. The van der Waals surface area contributed by atoms with E-state index >= 15 is 0 Å². The van der Waals surface area contributed by atoms with Crippen molar-refractivity contribution >= 4 is 22.5 Å². The van der Waals surface area contributed by atoms with Crippen LogP contribution in [0.3, 0.4) is 0 Å². The number of carbonyl (C=O) groups is 1. The minimum absolute atomic E-state index is 0.298. The molecule has 0 aliphatic heterocycles. The van der Waals surface area contributed by atoms with Gasteiger partial charge in [-0.05, 0) is 12.5 Å². The number of rotatable bonds is 6. The van der Waals surface area contributed by atoms with Gasteiger partial charge in [0, 0.05) is 35.5 Å². The van der Waals surface area contributed by atoms with Crippen molar-refractivity contribution in [2.75, 3.05) is 17.3 Å². The smallest absolute Gasteiger partial charge is 0.319 e. The van der Waals surface area contributed by atoms with Crippen LogP contribution >= 0.6 is 0 Å². The van der Waals surface area contributed by atoms with Gasteiger partial charge in [-0.25, -0.2) is 4.79 Å². The maximum Gasteiger partial charge on any atom is 0.319 e. The van der Waals surface area contributed by atoms with Gasteiger partial charge < -0.3 is 10.6 Å². The number of hydrogen-bond acceptors (Lipinski definition) is 3. The lowest BCUT2D eigenvalue weighted by molar-refractivity contribution is 0.249. The number of urea groups is 1. The van der Waals surface area contributed by atoms with E-state index in [-0.39, 0.29) is 12.1 Å². The van der Waals surface area contributed by atoms with Crippen molar-refractivity contribution in [3.05, 3.63) is 48.3 Å². The molecule has 0 aliphatic rings. The Morgan fingerprint density at radius 1 is 1.36 bits per heavy atom. The Labute approximate surface area is 132 Å². The highest BCUT2D eigenvalue weighted by Crippen LogP contribution is 2.14. The zero-order chi connectivity index (χ0) is 15.9. The first kappa shape index (κ1) is 16.2. The molecule has 2 aromatic rings. The SMILES string of the molecule is CCn1cc(NC(=O)NC(CS(C)=O)c2ccccc2)cn1. The molecular weight excluding hydrogens is 300 g/mol. The average Bonchev–Trinajstić information content (AvgIpc) is 2.94. The molecule has 2 atom stereocenters. The molecule has 0 spiro atoms. The van der Waals surface area contributed by atoms with Gasteiger partial charge in [0.05, 0.1) is 17.9 Å². The molecule has 118 valence electrons. The summed E-state index contributed by atoms with van der Waals surface area (Å²) in [6, 6.07) is 8.88. The van der Waals surface area contributed by atoms with Crippen LogP contribution in [0.5, 0.6) is 0 Å². The summed E-state index contributed by atoms with van der Waals surface area (Å²) in [5.41, 5.74) is 1.56. The molecule has 2 unspecified atom stereocenters. The van der Waals surface area contributed by atoms with Gasteiger partial charge >= 0.3 is 6.03 Å². The van der Waals surface area contributed by atoms with E-state index in [1.54, 1.807) is 23.3 Å². The zero-order valence-electron chi connectivity index (χ0n) is 12.7. The highest BCUT2D eigenvalue weighted by molar-refractivity contribution is 7.84. The fourth-order valence-corrected chi connectivity index (χ4v) is 2.81. The van der Waals surface area contributed by atoms with Crippen LogP contribution in [0.1, 0.15) is 18.5 Å². The van der Waals surface area contributed by atoms with E-state index < -0.39 is 10.8 Å². The standard InChI is InChI=1S/C15H20N4O2S/c1-3-19-10-13(9-16-19)17-15(20)18-14(11-22(2)21)12-7-5-4-6-8-12/h4-10,14H,3,11H2,1-2H3,(H2,17,18,20). The van der Waals surface area contributed by atoms with Crippen molar-refractivity contribution in [3.8, 4) is 0 Å². The first-order chi connectivity index (χ1) is 10.6. The summed E-state index contributed by atoms with van der Waals surface area (Å²) in [6.07, 6.45) is 4.98. The number of benzene rings is 1. The second kappa shape index (κ2) is 7.74. The Hall–Kier alpha value is -2.15. The molecule has 0 saturated heterocycles. The normalized spacial score (nSPS) is 13.4. The van der Waals surface area contributed by atoms with Crippen LogP contribution in [0.2, 0.25) is 0 Å². The fourth-order valence-electron chi connectivity index (χ4n) is 2.07. The van der Waals surface area contributed by atoms with Gasteiger partial charge in [-0.1, -0.05) is 30.3 Å². The van der Waals surface area contributed by atoms with E-state index in [1.165, 1.54) is 0 Å². The highest BCUT2D eigenvalue weighted by Gasteiger charge is 2.16. The second-order valence-corrected chi connectivity index (χ2v) is 6.37. The van der Waals surface area contributed by atoms with Crippen LogP contribution < -0.4 is 10.6 Å². The minimum Gasteiger partial charge on any atom is -0.330 e. The maximum absolute atomic E-state index is 12.1. The number of nitrogens with one attached hydrogen (secondary N) is 2. The van der Waals surface area contributed by atoms with Crippen molar-refractivity contribution < 1.29 is 9.00 Å². The third-order valence-electron chi connectivity index (χ3n) is 3.12. The molecule has 7 heteroatoms. The molecule has 6 nitrogen and oxygen atoms in total. The van der Waals surface area contributed by atoms with Crippen LogP contribution in [-0.4, -0.2) is 32.0 Å². The van der Waals surface area contributed by atoms with Gasteiger partial charge in [-0.15, -0.1) is 0 Å². The largest absolute Gasteiger partial charge is 0.330 e. The van der Waals surface area contributed by atoms with Crippen LogP contribution in [0.25, 0.3) is 0 Å². The Balaban J connectivity index is 2.03. The second-order valence-electron chi connectivity index (χ2n) is 4.89. The summed E-state index contributed by atoms with van der Waals surface area (Å²) in [6.45, 7) is 2.71. The number of aromatic nitrogens is 2. The lowest BCUT2D eigenvalue weighted by atomic mass is 10.1. The fraction of sp³-hybridized carbons (Fsp3) is 0.333. The molecule has 0 radical (unpaired) electrons. The average molecular weight is 320 g/mol. The molecule has 0 fully saturated rings. The quantitative estimate of drug-likeness (QED) is 0.856. The van der Waals surface area contributed by atoms with Crippen LogP contribution in [0.4, 0.5) is 10.5 Å². The first-order valence-electron chi connectivity index (χ1n) is 7.03. The van der Waals surface area contributed by atoms with Gasteiger partial charge in [0.15, 0.2) is 0 Å². The molecule has 0 bridgehead atoms. The van der Waals surface area contributed by atoms with Gasteiger partial charge in [0.2, 0.25) is 0 Å². The summed E-state index contributed by atoms with van der Waals surface area (Å²) in [7, 11) is -1.02. The van der Waals surface area contributed by atoms with E-state index in [9.17, 15) is 9.00 Å². The molecule has 1 aromatic heterocycles. The highest BCUT2D eigenvalue weighted by atomic mass is 32.2. The number of hydrogen-bond donors (Lipinski definition) is 2. The number of anilines is 1. The molecule has 2 N–H and O–H groups in total. The number of carbonyl (C=O) groups excluding carboxylic acids is 1. The number of nitrogens with zero attached hydrogens (tertiary/aromatic N) is 2. The summed E-state index contributed by atoms with van der Waals surface area (Å²) < 4.78 is 13.3. The van der Waals surface area contributed by atoms with Crippen molar-refractivity contribution in [1.29, 1.82) is 0 Å². The summed E-state index contributed by atoms with van der Waals surface area (Å²) in [5.74, 6) is 0.367. The van der Waals surface area contributed by atoms with Crippen LogP contribution in [0.15, 0.2) is 42.7 Å². The monoisotopic (exact) mass is 320 g/mol. The number of amides is 2. The van der Waals surface area contributed by atoms with E-state index in [0.717, 1.165) is 12.1 Å². The third kappa shape index (κ3) is 4.70. The molecule has 2 amide bonds. The van der Waals surface area contributed by atoms with Crippen LogP contribution in [0, 0.1) is 0 Å². The lowest BCUT2D eigenvalue weighted by Crippen LogP contribution is -2.35. The van der Waals surface area contributed by atoms with Crippen molar-refractivity contribution in [3.63, 3.8) is 0 Å². The maximum atomic E-state index is 12.1. The van der Waals surface area contributed by atoms with E-state index in [0.29, 0.717) is 11.4 Å². The zero-order valence-corrected chi connectivity index (χ0v) is 13.5. The molecule has 0 saturated carbocycles. The molecule has 0 aliphatic carbocycles. The summed E-state index contributed by atoms with van der Waals surface area (Å²) in [4.78, 5) is 12.1. The van der Waals surface area contributed by atoms with Gasteiger partial charge in [0.25, 0.3) is 0 Å². The summed E-state index contributed by atoms with van der Waals surface area (Å²) in [5, 5.41) is 9.70. The van der Waals surface area contributed by atoms with Crippen molar-refractivity contribution in [2.24, 2.45) is 0 Å². The van der Waals surface area contributed by atoms with Crippen molar-refractivity contribution in [2.45, 2.75) is 19.5 Å².